The van der Waals surface area contributed by atoms with Gasteiger partial charge in [0, 0.05) is 24.7 Å². The van der Waals surface area contributed by atoms with Crippen LogP contribution in [0.5, 0.6) is 0 Å². The summed E-state index contributed by atoms with van der Waals surface area (Å²) in [7, 11) is 0. The quantitative estimate of drug-likeness (QED) is 0.815. The normalized spacial score (nSPS) is 14.8. The summed E-state index contributed by atoms with van der Waals surface area (Å²) in [6, 6.07) is 0. The van der Waals surface area contributed by atoms with E-state index in [1.54, 1.807) is 41.8 Å². The fourth-order valence-electron chi connectivity index (χ4n) is 1.52. The molecule has 0 saturated heterocycles. The molecule has 1 unspecified atom stereocenters. The molecule has 2 rings (SSSR count). The number of hydrogen-bond donors (Lipinski definition) is 2. The zero-order chi connectivity index (χ0) is 12.3. The van der Waals surface area contributed by atoms with E-state index < -0.39 is 5.60 Å². The zero-order valence-corrected chi connectivity index (χ0v) is 10.6. The van der Waals surface area contributed by atoms with E-state index in [0.717, 1.165) is 0 Å². The summed E-state index contributed by atoms with van der Waals surface area (Å²) >= 11 is 1.61. The van der Waals surface area contributed by atoms with Crippen LogP contribution in [0.3, 0.4) is 0 Å². The van der Waals surface area contributed by atoms with Crippen LogP contribution in [0.15, 0.2) is 18.7 Å². The van der Waals surface area contributed by atoms with Gasteiger partial charge < -0.3 is 10.4 Å². The summed E-state index contributed by atoms with van der Waals surface area (Å²) in [4.78, 5) is 4.19. The molecule has 0 radical (unpaired) electrons. The third-order valence-corrected chi connectivity index (χ3v) is 3.22. The zero-order valence-electron chi connectivity index (χ0n) is 9.79. The van der Waals surface area contributed by atoms with Crippen LogP contribution < -0.4 is 5.32 Å². The van der Waals surface area contributed by atoms with E-state index in [9.17, 15) is 5.11 Å². The van der Waals surface area contributed by atoms with Crippen molar-refractivity contribution < 1.29 is 5.11 Å². The molecule has 0 bridgehead atoms. The molecule has 92 valence electrons. The number of thioether (sulfide) groups is 1. The predicted octanol–water partition coefficient (Wildman–Crippen LogP) is 0.650. The van der Waals surface area contributed by atoms with Gasteiger partial charge in [0.2, 0.25) is 5.65 Å². The van der Waals surface area contributed by atoms with Crippen LogP contribution in [0.4, 0.5) is 5.82 Å². The van der Waals surface area contributed by atoms with Crippen molar-refractivity contribution >= 4 is 23.2 Å². The molecule has 17 heavy (non-hydrogen) atoms. The Balaban J connectivity index is 2.11. The number of rotatable bonds is 5. The van der Waals surface area contributed by atoms with Gasteiger partial charge in [-0.25, -0.2) is 4.98 Å². The highest BCUT2D eigenvalue weighted by Crippen LogP contribution is 2.14. The van der Waals surface area contributed by atoms with Gasteiger partial charge in [0.25, 0.3) is 0 Å². The lowest BCUT2D eigenvalue weighted by atomic mass is 10.1. The van der Waals surface area contributed by atoms with Crippen LogP contribution in [0.1, 0.15) is 6.92 Å². The topological polar surface area (TPSA) is 75.3 Å². The fraction of sp³-hybridized carbons (Fsp3) is 0.500. The number of hydrogen-bond acceptors (Lipinski definition) is 6. The largest absolute Gasteiger partial charge is 0.387 e. The molecule has 2 N–H and O–H groups in total. The van der Waals surface area contributed by atoms with Crippen molar-refractivity contribution in [2.45, 2.75) is 12.5 Å². The molecule has 0 aliphatic rings. The standard InChI is InChI=1S/C10H15N5OS/c1-10(16,6-17-2)5-12-8-9-14-13-7-15(9)4-3-11-8/h3-4,7,16H,5-6H2,1-2H3,(H,11,12). The Labute approximate surface area is 103 Å². The highest BCUT2D eigenvalue weighted by Gasteiger charge is 2.20. The fourth-order valence-corrected chi connectivity index (χ4v) is 2.24. The van der Waals surface area contributed by atoms with Gasteiger partial charge in [0.05, 0.1) is 5.60 Å². The number of fused-ring (bicyclic) bond motifs is 1. The van der Waals surface area contributed by atoms with E-state index in [4.69, 9.17) is 0 Å². The summed E-state index contributed by atoms with van der Waals surface area (Å²) in [5.74, 6) is 1.29. The van der Waals surface area contributed by atoms with Crippen molar-refractivity contribution in [2.24, 2.45) is 0 Å². The van der Waals surface area contributed by atoms with Crippen LogP contribution in [-0.4, -0.2) is 48.8 Å². The molecule has 0 aliphatic heterocycles. The summed E-state index contributed by atoms with van der Waals surface area (Å²) in [6.45, 7) is 2.22. The maximum Gasteiger partial charge on any atom is 0.203 e. The van der Waals surface area contributed by atoms with Crippen molar-refractivity contribution in [2.75, 3.05) is 23.9 Å². The minimum absolute atomic E-state index is 0.424. The van der Waals surface area contributed by atoms with Gasteiger partial charge in [-0.05, 0) is 13.2 Å². The number of nitrogens with one attached hydrogen (secondary N) is 1. The molecule has 2 heterocycles. The molecular formula is C10H15N5OS. The Bertz CT molecular complexity index is 498. The van der Waals surface area contributed by atoms with Gasteiger partial charge in [0.15, 0.2) is 5.82 Å². The summed E-state index contributed by atoms with van der Waals surface area (Å²) in [6.07, 6.45) is 7.02. The number of aromatic nitrogens is 4. The molecule has 2 aromatic rings. The first kappa shape index (κ1) is 12.1. The van der Waals surface area contributed by atoms with E-state index in [-0.39, 0.29) is 0 Å². The molecule has 0 aromatic carbocycles. The molecule has 0 aliphatic carbocycles. The lowest BCUT2D eigenvalue weighted by Crippen LogP contribution is -2.36. The van der Waals surface area contributed by atoms with E-state index in [1.807, 2.05) is 6.26 Å². The molecule has 0 spiro atoms. The third kappa shape index (κ3) is 2.86. The molecule has 0 saturated carbocycles. The van der Waals surface area contributed by atoms with Crippen LogP contribution in [0.2, 0.25) is 0 Å². The highest BCUT2D eigenvalue weighted by atomic mass is 32.2. The Kier molecular flexibility index (Phi) is 3.49. The maximum absolute atomic E-state index is 10.0. The summed E-state index contributed by atoms with van der Waals surface area (Å²) < 4.78 is 1.78. The Morgan fingerprint density at radius 2 is 2.41 bits per heavy atom. The van der Waals surface area contributed by atoms with Crippen LogP contribution in [0, 0.1) is 0 Å². The molecule has 1 atom stereocenters. The predicted molar refractivity (Wildman–Crippen MR) is 68.3 cm³/mol. The SMILES string of the molecule is CSCC(C)(O)CNc1nccn2cnnc12. The van der Waals surface area contributed by atoms with Gasteiger partial charge in [-0.1, -0.05) is 0 Å². The average molecular weight is 253 g/mol. The van der Waals surface area contributed by atoms with Crippen LogP contribution in [-0.2, 0) is 0 Å². The Morgan fingerprint density at radius 3 is 3.18 bits per heavy atom. The van der Waals surface area contributed by atoms with E-state index in [2.05, 4.69) is 20.5 Å². The summed E-state index contributed by atoms with van der Waals surface area (Å²) in [5, 5.41) is 20.9. The minimum atomic E-state index is -0.770. The summed E-state index contributed by atoms with van der Waals surface area (Å²) in [5.41, 5.74) is -0.110. The van der Waals surface area contributed by atoms with E-state index in [1.165, 1.54) is 0 Å². The van der Waals surface area contributed by atoms with Crippen molar-refractivity contribution in [1.29, 1.82) is 0 Å². The van der Waals surface area contributed by atoms with Gasteiger partial charge in [-0.15, -0.1) is 10.2 Å². The van der Waals surface area contributed by atoms with Crippen molar-refractivity contribution in [3.63, 3.8) is 0 Å². The maximum atomic E-state index is 10.0. The first-order chi connectivity index (χ1) is 8.12. The average Bonchev–Trinajstić information content (AvgIpc) is 2.74. The first-order valence-corrected chi connectivity index (χ1v) is 6.61. The van der Waals surface area contributed by atoms with Crippen molar-refractivity contribution in [3.05, 3.63) is 18.7 Å². The van der Waals surface area contributed by atoms with Gasteiger partial charge in [0.1, 0.15) is 6.33 Å². The number of nitrogens with zero attached hydrogens (tertiary/aromatic N) is 4. The van der Waals surface area contributed by atoms with Gasteiger partial charge in [-0.3, -0.25) is 4.40 Å². The van der Waals surface area contributed by atoms with Crippen molar-refractivity contribution in [3.8, 4) is 0 Å². The molecular weight excluding hydrogens is 238 g/mol. The Morgan fingerprint density at radius 1 is 1.59 bits per heavy atom. The smallest absolute Gasteiger partial charge is 0.203 e. The second-order valence-electron chi connectivity index (χ2n) is 4.12. The number of anilines is 1. The Hall–Kier alpha value is -1.34. The molecule has 2 aromatic heterocycles. The first-order valence-electron chi connectivity index (χ1n) is 5.22. The second kappa shape index (κ2) is 4.89. The number of aliphatic hydroxyl groups is 1. The third-order valence-electron chi connectivity index (χ3n) is 2.31. The highest BCUT2D eigenvalue weighted by molar-refractivity contribution is 7.98. The lowest BCUT2D eigenvalue weighted by Gasteiger charge is -2.22. The molecule has 0 amide bonds. The van der Waals surface area contributed by atoms with Crippen LogP contribution in [0.25, 0.3) is 5.65 Å². The molecule has 0 fully saturated rings. The van der Waals surface area contributed by atoms with Gasteiger partial charge in [-0.2, -0.15) is 11.8 Å². The van der Waals surface area contributed by atoms with Crippen LogP contribution >= 0.6 is 11.8 Å². The van der Waals surface area contributed by atoms with Gasteiger partial charge >= 0.3 is 0 Å². The monoisotopic (exact) mass is 253 g/mol. The molecule has 7 heteroatoms. The minimum Gasteiger partial charge on any atom is -0.387 e. The van der Waals surface area contributed by atoms with E-state index in [0.29, 0.717) is 23.8 Å². The van der Waals surface area contributed by atoms with Crippen molar-refractivity contribution in [1.82, 2.24) is 19.6 Å². The van der Waals surface area contributed by atoms with E-state index >= 15 is 0 Å². The second-order valence-corrected chi connectivity index (χ2v) is 4.99. The molecule has 6 nitrogen and oxygen atoms in total. The lowest BCUT2D eigenvalue weighted by molar-refractivity contribution is 0.0996.